The first kappa shape index (κ1) is 16.4. The normalized spacial score (nSPS) is 16.6. The highest BCUT2D eigenvalue weighted by Crippen LogP contribution is 2.25. The lowest BCUT2D eigenvalue weighted by Crippen LogP contribution is -2.61. The van der Waals surface area contributed by atoms with E-state index < -0.39 is 16.6 Å². The first-order chi connectivity index (χ1) is 7.46. The van der Waals surface area contributed by atoms with Gasteiger partial charge in [-0.3, -0.25) is 4.79 Å². The first-order valence-corrected chi connectivity index (χ1v) is 5.89. The zero-order chi connectivity index (χ0) is 13.9. The Morgan fingerprint density at radius 1 is 1.18 bits per heavy atom. The van der Waals surface area contributed by atoms with E-state index in [9.17, 15) is 4.79 Å². The largest absolute Gasteiger partial charge is 0.374 e. The molecule has 0 spiro atoms. The van der Waals surface area contributed by atoms with Crippen LogP contribution in [-0.4, -0.2) is 30.2 Å². The van der Waals surface area contributed by atoms with Gasteiger partial charge in [-0.1, -0.05) is 13.8 Å². The number of hydrogen-bond acceptors (Lipinski definition) is 4. The third kappa shape index (κ3) is 4.26. The van der Waals surface area contributed by atoms with E-state index in [1.54, 1.807) is 13.8 Å². The summed E-state index contributed by atoms with van der Waals surface area (Å²) >= 11 is 0. The zero-order valence-electron chi connectivity index (χ0n) is 11.7. The van der Waals surface area contributed by atoms with Gasteiger partial charge in [0, 0.05) is 18.6 Å². The van der Waals surface area contributed by atoms with Crippen LogP contribution in [0.4, 0.5) is 0 Å². The Kier molecular flexibility index (Phi) is 5.13. The fourth-order valence-corrected chi connectivity index (χ4v) is 1.10. The van der Waals surface area contributed by atoms with Gasteiger partial charge in [-0.15, -0.1) is 0 Å². The van der Waals surface area contributed by atoms with Crippen molar-refractivity contribution in [2.24, 2.45) is 22.6 Å². The van der Waals surface area contributed by atoms with E-state index >= 15 is 0 Å². The van der Waals surface area contributed by atoms with Crippen LogP contribution in [0.5, 0.6) is 0 Å². The van der Waals surface area contributed by atoms with E-state index in [0.29, 0.717) is 19.6 Å². The van der Waals surface area contributed by atoms with Crippen LogP contribution in [0.15, 0.2) is 0 Å². The van der Waals surface area contributed by atoms with Gasteiger partial charge in [0.15, 0.2) is 0 Å². The number of nitrogens with two attached hydrogens (primary N) is 3. The summed E-state index contributed by atoms with van der Waals surface area (Å²) in [7, 11) is 0. The number of carbonyl (C=O) groups excluding carboxylic acids is 1. The van der Waals surface area contributed by atoms with Crippen molar-refractivity contribution in [3.8, 4) is 0 Å². The molecule has 5 heteroatoms. The van der Waals surface area contributed by atoms with Gasteiger partial charge in [0.05, 0.1) is 11.1 Å². The Hall–Kier alpha value is -0.650. The second-order valence-corrected chi connectivity index (χ2v) is 5.98. The average Bonchev–Trinajstić information content (AvgIpc) is 2.16. The van der Waals surface area contributed by atoms with Gasteiger partial charge in [-0.05, 0) is 27.2 Å². The summed E-state index contributed by atoms with van der Waals surface area (Å²) in [6.07, 6.45) is 0.562. The minimum atomic E-state index is -0.607. The molecule has 0 aromatic heterocycles. The maximum Gasteiger partial charge on any atom is 0.223 e. The van der Waals surface area contributed by atoms with Crippen molar-refractivity contribution >= 4 is 5.91 Å². The van der Waals surface area contributed by atoms with Crippen molar-refractivity contribution in [3.05, 3.63) is 0 Å². The molecular formula is C12H27N3O2. The first-order valence-electron chi connectivity index (χ1n) is 5.89. The molecule has 0 fully saturated rings. The van der Waals surface area contributed by atoms with Gasteiger partial charge in [0.1, 0.15) is 0 Å². The summed E-state index contributed by atoms with van der Waals surface area (Å²) in [5.74, 6) is -0.326. The lowest BCUT2D eigenvalue weighted by Gasteiger charge is -2.40. The fourth-order valence-electron chi connectivity index (χ4n) is 1.10. The van der Waals surface area contributed by atoms with E-state index in [1.807, 2.05) is 20.8 Å². The quantitative estimate of drug-likeness (QED) is 0.602. The van der Waals surface area contributed by atoms with Crippen molar-refractivity contribution in [1.82, 2.24) is 0 Å². The van der Waals surface area contributed by atoms with Crippen LogP contribution in [0.2, 0.25) is 0 Å². The Bertz CT molecular complexity index is 273. The Labute approximate surface area is 104 Å². The molecule has 0 aliphatic carbocycles. The topological polar surface area (TPSA) is 104 Å². The van der Waals surface area contributed by atoms with Crippen LogP contribution in [0, 0.1) is 5.41 Å². The van der Waals surface area contributed by atoms with Gasteiger partial charge >= 0.3 is 0 Å². The zero-order valence-corrected chi connectivity index (χ0v) is 11.7. The van der Waals surface area contributed by atoms with Gasteiger partial charge in [-0.25, -0.2) is 0 Å². The van der Waals surface area contributed by atoms with Crippen LogP contribution in [0.25, 0.3) is 0 Å². The van der Waals surface area contributed by atoms with Crippen molar-refractivity contribution in [2.75, 3.05) is 13.2 Å². The molecule has 0 bridgehead atoms. The predicted molar refractivity (Wildman–Crippen MR) is 69.3 cm³/mol. The molecule has 17 heavy (non-hydrogen) atoms. The maximum absolute atomic E-state index is 11.2. The van der Waals surface area contributed by atoms with E-state index in [4.69, 9.17) is 21.9 Å². The molecule has 0 saturated carbocycles. The Morgan fingerprint density at radius 3 is 2.00 bits per heavy atom. The highest BCUT2D eigenvalue weighted by Gasteiger charge is 2.38. The third-order valence-electron chi connectivity index (χ3n) is 3.66. The Morgan fingerprint density at radius 2 is 1.65 bits per heavy atom. The fraction of sp³-hybridized carbons (Fsp3) is 0.917. The van der Waals surface area contributed by atoms with Crippen LogP contribution in [-0.2, 0) is 9.53 Å². The molecule has 0 aliphatic rings. The summed E-state index contributed by atoms with van der Waals surface area (Å²) in [5.41, 5.74) is 15.3. The predicted octanol–water partition coefficient (Wildman–Crippen LogP) is 0.359. The number of rotatable bonds is 7. The van der Waals surface area contributed by atoms with Crippen LogP contribution in [0.1, 0.15) is 41.0 Å². The molecular weight excluding hydrogens is 218 g/mol. The smallest absolute Gasteiger partial charge is 0.223 e. The number of ether oxygens (including phenoxy) is 1. The highest BCUT2D eigenvalue weighted by atomic mass is 16.5. The molecule has 6 N–H and O–H groups in total. The molecule has 5 nitrogen and oxygen atoms in total. The number of hydrogen-bond donors (Lipinski definition) is 3. The van der Waals surface area contributed by atoms with Crippen molar-refractivity contribution in [3.63, 3.8) is 0 Å². The molecule has 0 saturated heterocycles. The molecule has 0 aromatic carbocycles. The second-order valence-electron chi connectivity index (χ2n) is 5.98. The van der Waals surface area contributed by atoms with Crippen molar-refractivity contribution < 1.29 is 9.53 Å². The van der Waals surface area contributed by atoms with Gasteiger partial charge in [0.2, 0.25) is 5.91 Å². The minimum Gasteiger partial charge on any atom is -0.374 e. The summed E-state index contributed by atoms with van der Waals surface area (Å²) in [4.78, 5) is 11.2. The molecule has 1 amide bonds. The maximum atomic E-state index is 11.2. The second kappa shape index (κ2) is 5.33. The van der Waals surface area contributed by atoms with Crippen LogP contribution < -0.4 is 17.2 Å². The number of amides is 1. The van der Waals surface area contributed by atoms with Crippen molar-refractivity contribution in [1.29, 1.82) is 0 Å². The lowest BCUT2D eigenvalue weighted by atomic mass is 9.84. The SMILES string of the molecule is CC(C)(CCOC(C)(C)C(C)(N)CN)C(N)=O. The molecule has 0 rings (SSSR count). The van der Waals surface area contributed by atoms with Crippen LogP contribution >= 0.6 is 0 Å². The average molecular weight is 245 g/mol. The van der Waals surface area contributed by atoms with Crippen LogP contribution in [0.3, 0.4) is 0 Å². The van der Waals surface area contributed by atoms with E-state index in [-0.39, 0.29) is 5.91 Å². The monoisotopic (exact) mass is 245 g/mol. The summed E-state index contributed by atoms with van der Waals surface area (Å²) in [6.45, 7) is 10.0. The molecule has 0 aliphatic heterocycles. The molecule has 102 valence electrons. The molecule has 0 heterocycles. The third-order valence-corrected chi connectivity index (χ3v) is 3.66. The number of primary amides is 1. The lowest BCUT2D eigenvalue weighted by molar-refractivity contribution is -0.129. The molecule has 1 atom stereocenters. The minimum absolute atomic E-state index is 0.326. The standard InChI is InChI=1S/C12H27N3O2/c1-10(2,9(14)16)6-7-17-11(3,4)12(5,15)8-13/h6-8,13,15H2,1-5H3,(H2,14,16). The summed E-state index contributed by atoms with van der Waals surface area (Å²) in [5, 5.41) is 0. The van der Waals surface area contributed by atoms with Gasteiger partial charge < -0.3 is 21.9 Å². The molecule has 0 radical (unpaired) electrons. The molecule has 0 aromatic rings. The summed E-state index contributed by atoms with van der Waals surface area (Å²) < 4.78 is 5.76. The van der Waals surface area contributed by atoms with E-state index in [2.05, 4.69) is 0 Å². The van der Waals surface area contributed by atoms with E-state index in [1.165, 1.54) is 0 Å². The van der Waals surface area contributed by atoms with Gasteiger partial charge in [0.25, 0.3) is 0 Å². The Balaban J connectivity index is 4.35. The summed E-state index contributed by atoms with van der Waals surface area (Å²) in [6, 6.07) is 0. The van der Waals surface area contributed by atoms with Crippen molar-refractivity contribution in [2.45, 2.75) is 52.2 Å². The van der Waals surface area contributed by atoms with E-state index in [0.717, 1.165) is 0 Å². The molecule has 1 unspecified atom stereocenters. The van der Waals surface area contributed by atoms with Gasteiger partial charge in [-0.2, -0.15) is 0 Å². The highest BCUT2D eigenvalue weighted by molar-refractivity contribution is 5.79. The number of carbonyl (C=O) groups is 1.